The van der Waals surface area contributed by atoms with Crippen LogP contribution in [0, 0.1) is 5.41 Å². The number of hydrogen-bond acceptors (Lipinski definition) is 4. The Balaban J connectivity index is 1.25. The summed E-state index contributed by atoms with van der Waals surface area (Å²) < 4.78 is 0. The molecule has 1 N–H and O–H groups in total. The third kappa shape index (κ3) is 3.85. The van der Waals surface area contributed by atoms with Crippen LogP contribution in [0.5, 0.6) is 0 Å². The largest absolute Gasteiger partial charge is 0.354 e. The van der Waals surface area contributed by atoms with Crippen LogP contribution < -0.4 is 5.32 Å². The van der Waals surface area contributed by atoms with Gasteiger partial charge in [-0.05, 0) is 36.9 Å². The van der Waals surface area contributed by atoms with Gasteiger partial charge in [0, 0.05) is 43.0 Å². The van der Waals surface area contributed by atoms with Crippen LogP contribution in [0.25, 0.3) is 0 Å². The van der Waals surface area contributed by atoms with Crippen LogP contribution in [-0.2, 0) is 17.8 Å². The van der Waals surface area contributed by atoms with Gasteiger partial charge in [-0.1, -0.05) is 36.4 Å². The Labute approximate surface area is 159 Å². The van der Waals surface area contributed by atoms with Crippen LogP contribution in [0.2, 0.25) is 0 Å². The van der Waals surface area contributed by atoms with Crippen LogP contribution >= 0.6 is 11.3 Å². The lowest BCUT2D eigenvalue weighted by Gasteiger charge is -2.48. The number of nitrogens with zero attached hydrogens (tertiary/aromatic N) is 2. The zero-order valence-electron chi connectivity index (χ0n) is 15.4. The van der Waals surface area contributed by atoms with Crippen molar-refractivity contribution in [3.8, 4) is 0 Å². The van der Waals surface area contributed by atoms with Gasteiger partial charge < -0.3 is 5.32 Å². The molecule has 1 aromatic heterocycles. The van der Waals surface area contributed by atoms with Gasteiger partial charge in [0.2, 0.25) is 5.91 Å². The number of nitrogens with one attached hydrogen (secondary N) is 1. The quantitative estimate of drug-likeness (QED) is 0.850. The molecule has 26 heavy (non-hydrogen) atoms. The molecular weight excluding hydrogens is 342 g/mol. The van der Waals surface area contributed by atoms with Crippen molar-refractivity contribution >= 4 is 17.2 Å². The maximum absolute atomic E-state index is 12.6. The average molecular weight is 370 g/mol. The van der Waals surface area contributed by atoms with Gasteiger partial charge in [-0.25, -0.2) is 0 Å². The SMILES string of the molecule is CN1CC2(CC1C(=O)NCCc1cccs1)CN(Cc1ccccc1)C2. The number of likely N-dealkylation sites (tertiary alicyclic amines) is 2. The summed E-state index contributed by atoms with van der Waals surface area (Å²) in [6, 6.07) is 14.9. The summed E-state index contributed by atoms with van der Waals surface area (Å²) in [5.41, 5.74) is 1.68. The molecule has 2 aliphatic heterocycles. The van der Waals surface area contributed by atoms with Crippen molar-refractivity contribution in [3.05, 3.63) is 58.3 Å². The highest BCUT2D eigenvalue weighted by Crippen LogP contribution is 2.42. The Bertz CT molecular complexity index is 725. The van der Waals surface area contributed by atoms with E-state index in [9.17, 15) is 4.79 Å². The number of likely N-dealkylation sites (N-methyl/N-ethyl adjacent to an activating group) is 1. The maximum atomic E-state index is 12.6. The lowest BCUT2D eigenvalue weighted by molar-refractivity contribution is -0.125. The number of amides is 1. The molecular formula is C21H27N3OS. The first-order chi connectivity index (χ1) is 12.6. The zero-order valence-corrected chi connectivity index (χ0v) is 16.2. The molecule has 4 rings (SSSR count). The fourth-order valence-electron chi connectivity index (χ4n) is 4.53. The molecule has 2 saturated heterocycles. The summed E-state index contributed by atoms with van der Waals surface area (Å²) in [6.45, 7) is 4.98. The minimum atomic E-state index is 0.0252. The number of thiophene rings is 1. The second-order valence-electron chi connectivity index (χ2n) is 7.89. The third-order valence-electron chi connectivity index (χ3n) is 5.66. The molecule has 0 aliphatic carbocycles. The number of benzene rings is 1. The summed E-state index contributed by atoms with van der Waals surface area (Å²) in [6.07, 6.45) is 1.91. The average Bonchev–Trinajstić information content (AvgIpc) is 3.23. The van der Waals surface area contributed by atoms with Crippen molar-refractivity contribution < 1.29 is 4.79 Å². The van der Waals surface area contributed by atoms with Crippen LogP contribution in [0.1, 0.15) is 16.9 Å². The number of carbonyl (C=O) groups excluding carboxylic acids is 1. The van der Waals surface area contributed by atoms with Gasteiger partial charge in [-0.15, -0.1) is 11.3 Å². The highest BCUT2D eigenvalue weighted by atomic mass is 32.1. The first-order valence-electron chi connectivity index (χ1n) is 9.40. The Hall–Kier alpha value is -1.69. The highest BCUT2D eigenvalue weighted by Gasteiger charge is 2.51. The smallest absolute Gasteiger partial charge is 0.237 e. The van der Waals surface area contributed by atoms with Crippen LogP contribution in [0.4, 0.5) is 0 Å². The van der Waals surface area contributed by atoms with Crippen molar-refractivity contribution in [1.82, 2.24) is 15.1 Å². The van der Waals surface area contributed by atoms with Gasteiger partial charge in [-0.2, -0.15) is 0 Å². The van der Waals surface area contributed by atoms with Crippen LogP contribution in [-0.4, -0.2) is 55.0 Å². The Morgan fingerprint density at radius 2 is 2.00 bits per heavy atom. The van der Waals surface area contributed by atoms with Crippen molar-refractivity contribution in [2.24, 2.45) is 5.41 Å². The standard InChI is InChI=1S/C21H27N3OS/c1-23-14-21(15-24(16-21)13-17-6-3-2-4-7-17)12-19(23)20(25)22-10-9-18-8-5-11-26-18/h2-8,11,19H,9-10,12-16H2,1H3,(H,22,25). The second-order valence-corrected chi connectivity index (χ2v) is 8.92. The van der Waals surface area contributed by atoms with E-state index in [0.717, 1.165) is 45.6 Å². The molecule has 1 unspecified atom stereocenters. The van der Waals surface area contributed by atoms with E-state index >= 15 is 0 Å². The monoisotopic (exact) mass is 369 g/mol. The minimum absolute atomic E-state index is 0.0252. The molecule has 4 nitrogen and oxygen atoms in total. The van der Waals surface area contributed by atoms with E-state index in [0.29, 0.717) is 5.41 Å². The van der Waals surface area contributed by atoms with Gasteiger partial charge in [0.15, 0.2) is 0 Å². The van der Waals surface area contributed by atoms with E-state index in [4.69, 9.17) is 0 Å². The number of rotatable bonds is 6. The van der Waals surface area contributed by atoms with E-state index < -0.39 is 0 Å². The summed E-state index contributed by atoms with van der Waals surface area (Å²) >= 11 is 1.75. The van der Waals surface area contributed by atoms with Crippen molar-refractivity contribution in [2.75, 3.05) is 33.2 Å². The van der Waals surface area contributed by atoms with Crippen molar-refractivity contribution in [2.45, 2.75) is 25.4 Å². The van der Waals surface area contributed by atoms with Crippen LogP contribution in [0.15, 0.2) is 47.8 Å². The predicted octanol–water partition coefficient (Wildman–Crippen LogP) is 2.61. The molecule has 1 amide bonds. The lowest BCUT2D eigenvalue weighted by Crippen LogP contribution is -2.56. The molecule has 2 aliphatic rings. The molecule has 1 aromatic carbocycles. The van der Waals surface area contributed by atoms with Crippen molar-refractivity contribution in [3.63, 3.8) is 0 Å². The zero-order chi connectivity index (χ0) is 18.0. The number of carbonyl (C=O) groups is 1. The van der Waals surface area contributed by atoms with E-state index in [-0.39, 0.29) is 11.9 Å². The second kappa shape index (κ2) is 7.51. The molecule has 0 radical (unpaired) electrons. The fourth-order valence-corrected chi connectivity index (χ4v) is 5.24. The Morgan fingerprint density at radius 3 is 2.73 bits per heavy atom. The molecule has 2 aromatic rings. The topological polar surface area (TPSA) is 35.6 Å². The summed E-state index contributed by atoms with van der Waals surface area (Å²) in [7, 11) is 2.10. The highest BCUT2D eigenvalue weighted by molar-refractivity contribution is 7.09. The van der Waals surface area contributed by atoms with Gasteiger partial charge in [-0.3, -0.25) is 14.6 Å². The maximum Gasteiger partial charge on any atom is 0.237 e. The molecule has 1 spiro atoms. The van der Waals surface area contributed by atoms with Gasteiger partial charge in [0.25, 0.3) is 0 Å². The first kappa shape index (κ1) is 17.7. The molecule has 2 fully saturated rings. The molecule has 138 valence electrons. The molecule has 0 bridgehead atoms. The van der Waals surface area contributed by atoms with Crippen LogP contribution in [0.3, 0.4) is 0 Å². The first-order valence-corrected chi connectivity index (χ1v) is 10.3. The van der Waals surface area contributed by atoms with E-state index in [2.05, 4.69) is 70.0 Å². The van der Waals surface area contributed by atoms with E-state index in [1.54, 1.807) is 11.3 Å². The molecule has 5 heteroatoms. The summed E-state index contributed by atoms with van der Waals surface area (Å²) in [4.78, 5) is 18.7. The predicted molar refractivity (Wildman–Crippen MR) is 106 cm³/mol. The molecule has 0 saturated carbocycles. The normalized spacial score (nSPS) is 22.4. The minimum Gasteiger partial charge on any atom is -0.354 e. The lowest BCUT2D eigenvalue weighted by atomic mass is 9.77. The van der Waals surface area contributed by atoms with Crippen molar-refractivity contribution in [1.29, 1.82) is 0 Å². The Kier molecular flexibility index (Phi) is 5.11. The van der Waals surface area contributed by atoms with E-state index in [1.165, 1.54) is 10.4 Å². The Morgan fingerprint density at radius 1 is 1.19 bits per heavy atom. The number of hydrogen-bond donors (Lipinski definition) is 1. The molecule has 1 atom stereocenters. The summed E-state index contributed by atoms with van der Waals surface area (Å²) in [5, 5.41) is 5.23. The van der Waals surface area contributed by atoms with Gasteiger partial charge in [0.1, 0.15) is 0 Å². The third-order valence-corrected chi connectivity index (χ3v) is 6.60. The van der Waals surface area contributed by atoms with E-state index in [1.807, 2.05) is 0 Å². The fraction of sp³-hybridized carbons (Fsp3) is 0.476. The molecule has 3 heterocycles. The summed E-state index contributed by atoms with van der Waals surface area (Å²) in [5.74, 6) is 0.197. The van der Waals surface area contributed by atoms with Gasteiger partial charge in [0.05, 0.1) is 6.04 Å². The van der Waals surface area contributed by atoms with Gasteiger partial charge >= 0.3 is 0 Å².